The Morgan fingerprint density at radius 1 is 1.50 bits per heavy atom. The van der Waals surface area contributed by atoms with Gasteiger partial charge in [0, 0.05) is 0 Å². The summed E-state index contributed by atoms with van der Waals surface area (Å²) in [5.41, 5.74) is 0.603. The van der Waals surface area contributed by atoms with Crippen LogP contribution in [0.25, 0.3) is 10.2 Å². The minimum Gasteiger partial charge on any atom is -0.298 e. The summed E-state index contributed by atoms with van der Waals surface area (Å²) in [6.07, 6.45) is 0.484. The number of nitrogens with zero attached hydrogens (tertiary/aromatic N) is 2. The molecule has 1 heterocycles. The van der Waals surface area contributed by atoms with E-state index in [1.54, 1.807) is 0 Å². The van der Waals surface area contributed by atoms with Crippen LogP contribution in [0.1, 0.15) is 10.4 Å². The average molecular weight is 182 g/mol. The van der Waals surface area contributed by atoms with Gasteiger partial charge in [0.15, 0.2) is 6.29 Å². The van der Waals surface area contributed by atoms with Crippen LogP contribution in [0.15, 0.2) is 12.1 Å². The number of carbonyl (C=O) groups excluding carboxylic acids is 1. The zero-order chi connectivity index (χ0) is 8.55. The van der Waals surface area contributed by atoms with Gasteiger partial charge in [-0.05, 0) is 23.7 Å². The lowest BCUT2D eigenvalue weighted by molar-refractivity contribution is 0.112. The molecule has 60 valence electrons. The molecule has 1 aromatic carbocycles. The molecule has 0 aliphatic rings. The van der Waals surface area contributed by atoms with E-state index in [-0.39, 0.29) is 5.56 Å². The summed E-state index contributed by atoms with van der Waals surface area (Å²) in [6, 6.07) is 2.72. The van der Waals surface area contributed by atoms with Crippen molar-refractivity contribution in [3.63, 3.8) is 0 Å². The largest absolute Gasteiger partial charge is 0.298 e. The fourth-order valence-electron chi connectivity index (χ4n) is 0.954. The van der Waals surface area contributed by atoms with E-state index in [2.05, 4.69) is 9.59 Å². The topological polar surface area (TPSA) is 42.9 Å². The first-order valence-corrected chi connectivity index (χ1v) is 3.96. The predicted molar refractivity (Wildman–Crippen MR) is 42.8 cm³/mol. The van der Waals surface area contributed by atoms with Gasteiger partial charge in [-0.2, -0.15) is 0 Å². The van der Waals surface area contributed by atoms with Crippen LogP contribution in [0.3, 0.4) is 0 Å². The Morgan fingerprint density at radius 3 is 3.08 bits per heavy atom. The third-order valence-electron chi connectivity index (χ3n) is 1.52. The van der Waals surface area contributed by atoms with E-state index in [0.717, 1.165) is 11.5 Å². The van der Waals surface area contributed by atoms with Crippen molar-refractivity contribution in [3.05, 3.63) is 23.5 Å². The molecule has 3 nitrogen and oxygen atoms in total. The van der Waals surface area contributed by atoms with Crippen LogP contribution in [-0.2, 0) is 0 Å². The van der Waals surface area contributed by atoms with Crippen LogP contribution in [-0.4, -0.2) is 15.9 Å². The zero-order valence-electron chi connectivity index (χ0n) is 5.82. The number of hydrogen-bond acceptors (Lipinski definition) is 4. The summed E-state index contributed by atoms with van der Waals surface area (Å²) in [5, 5.41) is 3.71. The number of halogens is 1. The highest BCUT2D eigenvalue weighted by Gasteiger charge is 2.08. The molecule has 0 saturated carbocycles. The Bertz CT molecular complexity index is 440. The van der Waals surface area contributed by atoms with Crippen LogP contribution in [0, 0.1) is 5.82 Å². The molecule has 0 saturated heterocycles. The Hall–Kier alpha value is -1.36. The van der Waals surface area contributed by atoms with E-state index in [1.807, 2.05) is 0 Å². The van der Waals surface area contributed by atoms with E-state index < -0.39 is 5.82 Å². The minimum absolute atomic E-state index is 0.0440. The van der Waals surface area contributed by atoms with Crippen LogP contribution >= 0.6 is 11.5 Å². The van der Waals surface area contributed by atoms with Gasteiger partial charge in [-0.25, -0.2) is 4.39 Å². The van der Waals surface area contributed by atoms with Gasteiger partial charge in [-0.1, -0.05) is 4.49 Å². The highest BCUT2D eigenvalue weighted by atomic mass is 32.1. The van der Waals surface area contributed by atoms with Crippen molar-refractivity contribution in [2.45, 2.75) is 0 Å². The van der Waals surface area contributed by atoms with E-state index in [0.29, 0.717) is 16.5 Å². The summed E-state index contributed by atoms with van der Waals surface area (Å²) in [6.45, 7) is 0. The Kier molecular flexibility index (Phi) is 1.58. The van der Waals surface area contributed by atoms with Crippen LogP contribution in [0.4, 0.5) is 4.39 Å². The first-order valence-electron chi connectivity index (χ1n) is 3.18. The second-order valence-electron chi connectivity index (χ2n) is 2.20. The third-order valence-corrected chi connectivity index (χ3v) is 2.30. The molecule has 2 aromatic rings. The number of benzene rings is 1. The molecule has 0 fully saturated rings. The number of hydrogen-bond donors (Lipinski definition) is 0. The molecule has 0 amide bonds. The molecule has 0 atom stereocenters. The maximum Gasteiger partial charge on any atom is 0.154 e. The highest BCUT2D eigenvalue weighted by Crippen LogP contribution is 2.21. The van der Waals surface area contributed by atoms with E-state index in [1.165, 1.54) is 12.1 Å². The standard InChI is InChI=1S/C7H3FN2OS/c8-5-1-2-6-7(4(5)3-11)12-10-9-6/h1-3H. The Morgan fingerprint density at radius 2 is 2.33 bits per heavy atom. The van der Waals surface area contributed by atoms with E-state index >= 15 is 0 Å². The van der Waals surface area contributed by atoms with Gasteiger partial charge >= 0.3 is 0 Å². The number of fused-ring (bicyclic) bond motifs is 1. The molecule has 0 aliphatic heterocycles. The van der Waals surface area contributed by atoms with Crippen LogP contribution in [0.5, 0.6) is 0 Å². The summed E-state index contributed by atoms with van der Waals surface area (Å²) >= 11 is 1.02. The van der Waals surface area contributed by atoms with E-state index in [9.17, 15) is 9.18 Å². The number of rotatable bonds is 1. The molecule has 5 heteroatoms. The van der Waals surface area contributed by atoms with Crippen molar-refractivity contribution < 1.29 is 9.18 Å². The molecule has 1 aromatic heterocycles. The second kappa shape index (κ2) is 2.60. The molecule has 0 radical (unpaired) electrons. The van der Waals surface area contributed by atoms with Gasteiger partial charge in [-0.15, -0.1) is 5.10 Å². The predicted octanol–water partition coefficient (Wildman–Crippen LogP) is 1.64. The summed E-state index contributed by atoms with van der Waals surface area (Å²) in [5.74, 6) is -0.524. The van der Waals surface area contributed by atoms with Gasteiger partial charge in [0.2, 0.25) is 0 Å². The SMILES string of the molecule is O=Cc1c(F)ccc2nnsc12. The van der Waals surface area contributed by atoms with E-state index in [4.69, 9.17) is 0 Å². The summed E-state index contributed by atoms with van der Waals surface area (Å²) in [7, 11) is 0. The molecule has 0 bridgehead atoms. The molecular formula is C7H3FN2OS. The molecule has 0 spiro atoms. The maximum absolute atomic E-state index is 12.9. The van der Waals surface area contributed by atoms with Crippen LogP contribution < -0.4 is 0 Å². The number of aromatic nitrogens is 2. The molecule has 2 rings (SSSR count). The molecule has 0 unspecified atom stereocenters. The lowest BCUT2D eigenvalue weighted by Gasteiger charge is -1.92. The molecule has 12 heavy (non-hydrogen) atoms. The molecular weight excluding hydrogens is 179 g/mol. The first-order chi connectivity index (χ1) is 5.83. The smallest absolute Gasteiger partial charge is 0.154 e. The lowest BCUT2D eigenvalue weighted by Crippen LogP contribution is -1.86. The van der Waals surface area contributed by atoms with Crippen molar-refractivity contribution in [2.75, 3.05) is 0 Å². The van der Waals surface area contributed by atoms with Crippen molar-refractivity contribution >= 4 is 28.0 Å². The fraction of sp³-hybridized carbons (Fsp3) is 0. The fourth-order valence-corrected chi connectivity index (χ4v) is 1.61. The second-order valence-corrected chi connectivity index (χ2v) is 2.95. The zero-order valence-corrected chi connectivity index (χ0v) is 6.64. The van der Waals surface area contributed by atoms with Gasteiger partial charge < -0.3 is 0 Å². The highest BCUT2D eigenvalue weighted by molar-refractivity contribution is 7.13. The van der Waals surface area contributed by atoms with Gasteiger partial charge in [0.1, 0.15) is 11.3 Å². The third kappa shape index (κ3) is 0.902. The summed E-state index contributed by atoms with van der Waals surface area (Å²) in [4.78, 5) is 10.5. The van der Waals surface area contributed by atoms with Gasteiger partial charge in [-0.3, -0.25) is 4.79 Å². The van der Waals surface area contributed by atoms with Gasteiger partial charge in [0.25, 0.3) is 0 Å². The monoisotopic (exact) mass is 182 g/mol. The minimum atomic E-state index is -0.524. The quantitative estimate of drug-likeness (QED) is 0.629. The van der Waals surface area contributed by atoms with Crippen molar-refractivity contribution in [1.82, 2.24) is 9.59 Å². The molecule has 0 N–H and O–H groups in total. The number of aldehydes is 1. The average Bonchev–Trinajstić information content (AvgIpc) is 2.52. The first kappa shape index (κ1) is 7.30. The summed E-state index contributed by atoms with van der Waals surface area (Å²) < 4.78 is 17.0. The van der Waals surface area contributed by atoms with Crippen molar-refractivity contribution in [2.24, 2.45) is 0 Å². The molecule has 0 aliphatic carbocycles. The van der Waals surface area contributed by atoms with Gasteiger partial charge in [0.05, 0.1) is 10.3 Å². The van der Waals surface area contributed by atoms with Crippen molar-refractivity contribution in [1.29, 1.82) is 0 Å². The number of carbonyl (C=O) groups is 1. The normalized spacial score (nSPS) is 10.4. The Labute approximate surface area is 71.0 Å². The van der Waals surface area contributed by atoms with Crippen LogP contribution in [0.2, 0.25) is 0 Å². The maximum atomic E-state index is 12.9. The van der Waals surface area contributed by atoms with Crippen molar-refractivity contribution in [3.8, 4) is 0 Å². The lowest BCUT2D eigenvalue weighted by atomic mass is 10.2. The Balaban J connectivity index is 2.91.